The van der Waals surface area contributed by atoms with Gasteiger partial charge in [0.05, 0.1) is 31.2 Å². The number of aliphatic hydroxyl groups excluding tert-OH is 1. The molecule has 1 aromatic carbocycles. The lowest BCUT2D eigenvalue weighted by Crippen LogP contribution is -2.16. The summed E-state index contributed by atoms with van der Waals surface area (Å²) in [4.78, 5) is 0. The number of hydrogen-bond acceptors (Lipinski definition) is 4. The summed E-state index contributed by atoms with van der Waals surface area (Å²) in [7, 11) is 3.30. The number of nitrogens with zero attached hydrogens (tertiary/aromatic N) is 2. The predicted molar refractivity (Wildman–Crippen MR) is 92.4 cm³/mol. The van der Waals surface area contributed by atoms with E-state index in [0.717, 1.165) is 35.5 Å². The van der Waals surface area contributed by atoms with E-state index in [9.17, 15) is 5.11 Å². The van der Waals surface area contributed by atoms with Gasteiger partial charge in [0.25, 0.3) is 0 Å². The molecule has 1 saturated carbocycles. The minimum absolute atomic E-state index is 0.317. The van der Waals surface area contributed by atoms with Crippen molar-refractivity contribution in [2.24, 2.45) is 5.92 Å². The van der Waals surface area contributed by atoms with Crippen molar-refractivity contribution in [3.63, 3.8) is 0 Å². The number of ether oxygens (including phenoxy) is 2. The first kappa shape index (κ1) is 17.0. The number of rotatable bonds is 6. The van der Waals surface area contributed by atoms with Crippen LogP contribution in [0.15, 0.2) is 30.5 Å². The first-order chi connectivity index (χ1) is 11.7. The third-order valence-corrected chi connectivity index (χ3v) is 4.84. The summed E-state index contributed by atoms with van der Waals surface area (Å²) >= 11 is 0. The highest BCUT2D eigenvalue weighted by atomic mass is 16.5. The van der Waals surface area contributed by atoms with Crippen LogP contribution < -0.4 is 4.74 Å². The number of aliphatic hydroxyl groups is 1. The van der Waals surface area contributed by atoms with Crippen molar-refractivity contribution in [2.45, 2.75) is 44.8 Å². The number of benzene rings is 1. The number of hydrogen-bond donors (Lipinski definition) is 1. The van der Waals surface area contributed by atoms with E-state index >= 15 is 0 Å². The monoisotopic (exact) mass is 330 g/mol. The largest absolute Gasteiger partial charge is 0.497 e. The highest BCUT2D eigenvalue weighted by Gasteiger charge is 2.27. The van der Waals surface area contributed by atoms with E-state index in [2.05, 4.69) is 5.10 Å². The Bertz CT molecular complexity index is 662. The lowest BCUT2D eigenvalue weighted by atomic mass is 9.83. The molecular formula is C19H26N2O3. The summed E-state index contributed by atoms with van der Waals surface area (Å²) in [5, 5.41) is 15.5. The smallest absolute Gasteiger partial charge is 0.121 e. The van der Waals surface area contributed by atoms with E-state index in [1.807, 2.05) is 30.5 Å². The van der Waals surface area contributed by atoms with E-state index < -0.39 is 6.10 Å². The van der Waals surface area contributed by atoms with Gasteiger partial charge in [0.15, 0.2) is 0 Å². The van der Waals surface area contributed by atoms with Crippen LogP contribution in [0.1, 0.15) is 49.5 Å². The molecule has 0 amide bonds. The fourth-order valence-electron chi connectivity index (χ4n) is 3.51. The molecule has 0 aliphatic heterocycles. The van der Waals surface area contributed by atoms with Crippen LogP contribution in [-0.2, 0) is 11.3 Å². The SMILES string of the molecule is COCc1nn(-c2cccc(OC)c2)cc1C(O)C1CCCCC1. The molecule has 1 fully saturated rings. The van der Waals surface area contributed by atoms with Gasteiger partial charge in [0.1, 0.15) is 5.75 Å². The molecule has 24 heavy (non-hydrogen) atoms. The zero-order chi connectivity index (χ0) is 16.9. The maximum Gasteiger partial charge on any atom is 0.121 e. The Morgan fingerprint density at radius 3 is 2.75 bits per heavy atom. The van der Waals surface area contributed by atoms with E-state index in [1.54, 1.807) is 18.9 Å². The van der Waals surface area contributed by atoms with E-state index in [-0.39, 0.29) is 0 Å². The molecule has 5 nitrogen and oxygen atoms in total. The van der Waals surface area contributed by atoms with Crippen LogP contribution in [0.25, 0.3) is 5.69 Å². The van der Waals surface area contributed by atoms with Crippen molar-refractivity contribution in [3.8, 4) is 11.4 Å². The maximum atomic E-state index is 10.9. The summed E-state index contributed by atoms with van der Waals surface area (Å²) in [5.74, 6) is 1.10. The van der Waals surface area contributed by atoms with Crippen molar-refractivity contribution < 1.29 is 14.6 Å². The topological polar surface area (TPSA) is 56.5 Å². The Morgan fingerprint density at radius 1 is 1.25 bits per heavy atom. The molecule has 1 aliphatic rings. The lowest BCUT2D eigenvalue weighted by molar-refractivity contribution is 0.0815. The van der Waals surface area contributed by atoms with Crippen LogP contribution in [-0.4, -0.2) is 29.1 Å². The molecule has 1 unspecified atom stereocenters. The quantitative estimate of drug-likeness (QED) is 0.878. The predicted octanol–water partition coefficient (Wildman–Crippen LogP) is 3.64. The van der Waals surface area contributed by atoms with Gasteiger partial charge in [-0.1, -0.05) is 25.3 Å². The van der Waals surface area contributed by atoms with Crippen molar-refractivity contribution >= 4 is 0 Å². The van der Waals surface area contributed by atoms with Gasteiger partial charge in [0, 0.05) is 24.9 Å². The molecule has 130 valence electrons. The summed E-state index contributed by atoms with van der Waals surface area (Å²) in [6.07, 6.45) is 7.29. The van der Waals surface area contributed by atoms with Crippen LogP contribution >= 0.6 is 0 Å². The Balaban J connectivity index is 1.91. The Hall–Kier alpha value is -1.85. The molecule has 0 radical (unpaired) electrons. The van der Waals surface area contributed by atoms with Gasteiger partial charge in [-0.3, -0.25) is 0 Å². The number of methoxy groups -OCH3 is 2. The van der Waals surface area contributed by atoms with Gasteiger partial charge >= 0.3 is 0 Å². The Labute approximate surface area is 143 Å². The van der Waals surface area contributed by atoms with E-state index in [1.165, 1.54) is 19.3 Å². The minimum Gasteiger partial charge on any atom is -0.497 e. The highest BCUT2D eigenvalue weighted by Crippen LogP contribution is 2.36. The van der Waals surface area contributed by atoms with Crippen molar-refractivity contribution in [1.29, 1.82) is 0 Å². The van der Waals surface area contributed by atoms with Gasteiger partial charge in [0.2, 0.25) is 0 Å². The molecule has 1 aliphatic carbocycles. The fourth-order valence-corrected chi connectivity index (χ4v) is 3.51. The second kappa shape index (κ2) is 7.81. The molecule has 0 spiro atoms. The molecule has 5 heteroatoms. The van der Waals surface area contributed by atoms with Crippen LogP contribution in [0.3, 0.4) is 0 Å². The zero-order valence-corrected chi connectivity index (χ0v) is 14.4. The molecular weight excluding hydrogens is 304 g/mol. The van der Waals surface area contributed by atoms with Crippen LogP contribution in [0.4, 0.5) is 0 Å². The summed E-state index contributed by atoms with van der Waals surface area (Å²) < 4.78 is 12.4. The average molecular weight is 330 g/mol. The molecule has 3 rings (SSSR count). The van der Waals surface area contributed by atoms with Crippen molar-refractivity contribution in [1.82, 2.24) is 9.78 Å². The van der Waals surface area contributed by atoms with Gasteiger partial charge in [-0.25, -0.2) is 4.68 Å². The zero-order valence-electron chi connectivity index (χ0n) is 14.4. The lowest BCUT2D eigenvalue weighted by Gasteiger charge is -2.26. The number of aromatic nitrogens is 2. The summed E-state index contributed by atoms with van der Waals surface area (Å²) in [5.41, 5.74) is 2.60. The first-order valence-electron chi connectivity index (χ1n) is 8.63. The molecule has 1 aromatic heterocycles. The molecule has 0 bridgehead atoms. The van der Waals surface area contributed by atoms with Gasteiger partial charge in [-0.2, -0.15) is 5.10 Å². The molecule has 1 N–H and O–H groups in total. The van der Waals surface area contributed by atoms with Crippen molar-refractivity contribution in [3.05, 3.63) is 41.7 Å². The van der Waals surface area contributed by atoms with E-state index in [4.69, 9.17) is 9.47 Å². The third kappa shape index (κ3) is 3.62. The molecule has 1 heterocycles. The fraction of sp³-hybridized carbons (Fsp3) is 0.526. The highest BCUT2D eigenvalue weighted by molar-refractivity contribution is 5.40. The van der Waals surface area contributed by atoms with Crippen LogP contribution in [0.2, 0.25) is 0 Å². The maximum absolute atomic E-state index is 10.9. The molecule has 1 atom stereocenters. The molecule has 0 saturated heterocycles. The second-order valence-electron chi connectivity index (χ2n) is 6.45. The van der Waals surface area contributed by atoms with E-state index in [0.29, 0.717) is 12.5 Å². The Morgan fingerprint density at radius 2 is 2.04 bits per heavy atom. The molecule has 2 aromatic rings. The minimum atomic E-state index is -0.477. The third-order valence-electron chi connectivity index (χ3n) is 4.84. The Kier molecular flexibility index (Phi) is 5.53. The van der Waals surface area contributed by atoms with Gasteiger partial charge < -0.3 is 14.6 Å². The summed E-state index contributed by atoms with van der Waals surface area (Å²) in [6, 6.07) is 7.74. The van der Waals surface area contributed by atoms with Crippen molar-refractivity contribution in [2.75, 3.05) is 14.2 Å². The van der Waals surface area contributed by atoms with Gasteiger partial charge in [-0.15, -0.1) is 0 Å². The second-order valence-corrected chi connectivity index (χ2v) is 6.45. The standard InChI is InChI=1S/C19H26N2O3/c1-23-13-18-17(19(22)14-7-4-3-5-8-14)12-21(20-18)15-9-6-10-16(11-15)24-2/h6,9-12,14,19,22H,3-5,7-8,13H2,1-2H3. The normalized spacial score (nSPS) is 17.0. The van der Waals surface area contributed by atoms with Gasteiger partial charge in [-0.05, 0) is 30.9 Å². The first-order valence-corrected chi connectivity index (χ1v) is 8.63. The van der Waals surface area contributed by atoms with Crippen LogP contribution in [0.5, 0.6) is 5.75 Å². The average Bonchev–Trinajstić information content (AvgIpc) is 3.06. The van der Waals surface area contributed by atoms with Crippen LogP contribution in [0, 0.1) is 5.92 Å². The summed E-state index contributed by atoms with van der Waals surface area (Å²) in [6.45, 7) is 0.399.